The Labute approximate surface area is 111 Å². The molecule has 4 heteroatoms. The van der Waals surface area contributed by atoms with Crippen LogP contribution in [0.25, 0.3) is 0 Å². The molecule has 3 nitrogen and oxygen atoms in total. The molecule has 0 aliphatic carbocycles. The van der Waals surface area contributed by atoms with E-state index in [1.165, 1.54) is 12.1 Å². The lowest BCUT2D eigenvalue weighted by molar-refractivity contribution is 0.415. The van der Waals surface area contributed by atoms with E-state index in [2.05, 4.69) is 0 Å². The van der Waals surface area contributed by atoms with Gasteiger partial charge in [0, 0.05) is 7.05 Å². The maximum atomic E-state index is 13.2. The molecule has 0 saturated carbocycles. The molecule has 96 valence electrons. The smallest absolute Gasteiger partial charge is 0.142 e. The number of para-hydroxylation sites is 2. The van der Waals surface area contributed by atoms with Crippen LogP contribution in [0.1, 0.15) is 5.56 Å². The van der Waals surface area contributed by atoms with E-state index in [-0.39, 0.29) is 5.56 Å². The van der Waals surface area contributed by atoms with Gasteiger partial charge in [-0.15, -0.1) is 0 Å². The molecule has 0 amide bonds. The maximum absolute atomic E-state index is 13.2. The van der Waals surface area contributed by atoms with Crippen molar-refractivity contribution in [2.45, 2.75) is 0 Å². The molecule has 0 aromatic heterocycles. The van der Waals surface area contributed by atoms with Crippen LogP contribution in [-0.4, -0.2) is 14.2 Å². The quantitative estimate of drug-likeness (QED) is 0.843. The van der Waals surface area contributed by atoms with Crippen LogP contribution in [-0.2, 0) is 0 Å². The van der Waals surface area contributed by atoms with Gasteiger partial charge >= 0.3 is 0 Å². The van der Waals surface area contributed by atoms with Gasteiger partial charge in [-0.05, 0) is 30.3 Å². The van der Waals surface area contributed by atoms with Crippen LogP contribution in [0.15, 0.2) is 42.5 Å². The van der Waals surface area contributed by atoms with Crippen LogP contribution < -0.4 is 9.64 Å². The Morgan fingerprint density at radius 3 is 2.58 bits per heavy atom. The van der Waals surface area contributed by atoms with Gasteiger partial charge in [-0.25, -0.2) is 4.39 Å². The van der Waals surface area contributed by atoms with E-state index in [1.807, 2.05) is 37.4 Å². The summed E-state index contributed by atoms with van der Waals surface area (Å²) in [6.45, 7) is 0. The zero-order valence-electron chi connectivity index (χ0n) is 10.7. The molecule has 0 heterocycles. The number of methoxy groups -OCH3 is 1. The van der Waals surface area contributed by atoms with Crippen molar-refractivity contribution in [2.24, 2.45) is 0 Å². The first-order valence-electron chi connectivity index (χ1n) is 5.73. The van der Waals surface area contributed by atoms with Crippen LogP contribution in [0.4, 0.5) is 15.8 Å². The number of hydrogen-bond acceptors (Lipinski definition) is 3. The molecule has 0 aliphatic rings. The van der Waals surface area contributed by atoms with Crippen LogP contribution in [0.3, 0.4) is 0 Å². The van der Waals surface area contributed by atoms with Gasteiger partial charge in [0.2, 0.25) is 0 Å². The molecule has 0 N–H and O–H groups in total. The lowest BCUT2D eigenvalue weighted by Gasteiger charge is -2.22. The van der Waals surface area contributed by atoms with Crippen LogP contribution in [0, 0.1) is 17.1 Å². The molecule has 0 fully saturated rings. The largest absolute Gasteiger partial charge is 0.495 e. The highest BCUT2D eigenvalue weighted by atomic mass is 19.1. The van der Waals surface area contributed by atoms with Gasteiger partial charge in [0.1, 0.15) is 17.6 Å². The molecule has 2 aromatic rings. The van der Waals surface area contributed by atoms with Gasteiger partial charge in [0.15, 0.2) is 0 Å². The Morgan fingerprint density at radius 1 is 1.16 bits per heavy atom. The minimum Gasteiger partial charge on any atom is -0.495 e. The lowest BCUT2D eigenvalue weighted by atomic mass is 10.1. The van der Waals surface area contributed by atoms with Crippen molar-refractivity contribution in [1.29, 1.82) is 5.26 Å². The summed E-state index contributed by atoms with van der Waals surface area (Å²) in [6.07, 6.45) is 0. The summed E-state index contributed by atoms with van der Waals surface area (Å²) in [5, 5.41) is 9.09. The van der Waals surface area contributed by atoms with E-state index in [1.54, 1.807) is 18.1 Å². The van der Waals surface area contributed by atoms with Crippen molar-refractivity contribution >= 4 is 11.4 Å². The number of anilines is 2. The predicted octanol–water partition coefficient (Wildman–Crippen LogP) is 3.47. The number of hydrogen-bond donors (Lipinski definition) is 0. The number of ether oxygens (including phenoxy) is 1. The van der Waals surface area contributed by atoms with Gasteiger partial charge in [-0.1, -0.05) is 12.1 Å². The Kier molecular flexibility index (Phi) is 3.67. The highest BCUT2D eigenvalue weighted by Gasteiger charge is 2.13. The molecule has 2 rings (SSSR count). The Balaban J connectivity index is 2.50. The highest BCUT2D eigenvalue weighted by Crippen LogP contribution is 2.33. The summed E-state index contributed by atoms with van der Waals surface area (Å²) in [5.74, 6) is 0.270. The molecular weight excluding hydrogens is 243 g/mol. The number of benzene rings is 2. The minimum atomic E-state index is -0.422. The molecule has 19 heavy (non-hydrogen) atoms. The van der Waals surface area contributed by atoms with E-state index in [0.29, 0.717) is 11.4 Å². The molecule has 0 aliphatic heterocycles. The van der Waals surface area contributed by atoms with Crippen molar-refractivity contribution < 1.29 is 9.13 Å². The molecule has 2 aromatic carbocycles. The summed E-state index contributed by atoms with van der Waals surface area (Å²) < 4.78 is 18.4. The fourth-order valence-electron chi connectivity index (χ4n) is 1.93. The Morgan fingerprint density at radius 2 is 1.89 bits per heavy atom. The van der Waals surface area contributed by atoms with Crippen LogP contribution >= 0.6 is 0 Å². The first kappa shape index (κ1) is 12.9. The maximum Gasteiger partial charge on any atom is 0.142 e. The van der Waals surface area contributed by atoms with E-state index >= 15 is 0 Å². The van der Waals surface area contributed by atoms with Gasteiger partial charge in [-0.2, -0.15) is 5.26 Å². The van der Waals surface area contributed by atoms with Gasteiger partial charge < -0.3 is 9.64 Å². The topological polar surface area (TPSA) is 36.3 Å². The molecule has 0 atom stereocenters. The normalized spacial score (nSPS) is 9.79. The van der Waals surface area contributed by atoms with Crippen molar-refractivity contribution in [3.63, 3.8) is 0 Å². The van der Waals surface area contributed by atoms with E-state index < -0.39 is 5.82 Å². The van der Waals surface area contributed by atoms with Crippen molar-refractivity contribution in [3.8, 4) is 11.8 Å². The summed E-state index contributed by atoms with van der Waals surface area (Å²) >= 11 is 0. The van der Waals surface area contributed by atoms with Gasteiger partial charge in [0.05, 0.1) is 24.0 Å². The summed E-state index contributed by atoms with van der Waals surface area (Å²) in [7, 11) is 3.40. The van der Waals surface area contributed by atoms with Crippen molar-refractivity contribution in [1.82, 2.24) is 0 Å². The molecule has 0 bridgehead atoms. The second-order valence-corrected chi connectivity index (χ2v) is 4.00. The molecule has 0 unspecified atom stereocenters. The third kappa shape index (κ3) is 2.50. The SMILES string of the molecule is COc1ccccc1N(C)c1ccc(F)cc1C#N. The highest BCUT2D eigenvalue weighted by molar-refractivity contribution is 5.72. The third-order valence-electron chi connectivity index (χ3n) is 2.89. The summed E-state index contributed by atoms with van der Waals surface area (Å²) in [5.41, 5.74) is 1.73. The number of halogens is 1. The monoisotopic (exact) mass is 256 g/mol. The minimum absolute atomic E-state index is 0.286. The summed E-state index contributed by atoms with van der Waals surface area (Å²) in [6, 6.07) is 13.6. The van der Waals surface area contributed by atoms with Crippen molar-refractivity contribution in [3.05, 3.63) is 53.8 Å². The Bertz CT molecular complexity index is 634. The van der Waals surface area contributed by atoms with E-state index in [0.717, 1.165) is 5.69 Å². The van der Waals surface area contributed by atoms with Crippen molar-refractivity contribution in [2.75, 3.05) is 19.1 Å². The average molecular weight is 256 g/mol. The van der Waals surface area contributed by atoms with Gasteiger partial charge in [0.25, 0.3) is 0 Å². The first-order valence-corrected chi connectivity index (χ1v) is 5.73. The molecule has 0 spiro atoms. The second kappa shape index (κ2) is 5.40. The number of nitriles is 1. The van der Waals surface area contributed by atoms with Crippen LogP contribution in [0.5, 0.6) is 5.75 Å². The molecular formula is C15H13FN2O. The third-order valence-corrected chi connectivity index (χ3v) is 2.89. The standard InChI is InChI=1S/C15H13FN2O/c1-18(14-5-3-4-6-15(14)19-2)13-8-7-12(16)9-11(13)10-17/h3-9H,1-2H3. The van der Waals surface area contributed by atoms with E-state index in [4.69, 9.17) is 10.00 Å². The zero-order chi connectivity index (χ0) is 13.8. The summed E-state index contributed by atoms with van der Waals surface area (Å²) in [4.78, 5) is 1.80. The number of nitrogens with zero attached hydrogens (tertiary/aromatic N) is 2. The van der Waals surface area contributed by atoms with Crippen LogP contribution in [0.2, 0.25) is 0 Å². The number of rotatable bonds is 3. The fourth-order valence-corrected chi connectivity index (χ4v) is 1.93. The predicted molar refractivity (Wildman–Crippen MR) is 72.2 cm³/mol. The lowest BCUT2D eigenvalue weighted by Crippen LogP contribution is -2.12. The second-order valence-electron chi connectivity index (χ2n) is 4.00. The zero-order valence-corrected chi connectivity index (χ0v) is 10.7. The molecule has 0 radical (unpaired) electrons. The average Bonchev–Trinajstić information content (AvgIpc) is 2.46. The van der Waals surface area contributed by atoms with E-state index in [9.17, 15) is 4.39 Å². The Hall–Kier alpha value is -2.54. The fraction of sp³-hybridized carbons (Fsp3) is 0.133. The molecule has 0 saturated heterocycles. The van der Waals surface area contributed by atoms with Gasteiger partial charge in [-0.3, -0.25) is 0 Å². The first-order chi connectivity index (χ1) is 9.17.